The van der Waals surface area contributed by atoms with Gasteiger partial charge in [-0.05, 0) is 12.1 Å². The van der Waals surface area contributed by atoms with Crippen LogP contribution < -0.4 is 26.0 Å². The Labute approximate surface area is 167 Å². The van der Waals surface area contributed by atoms with Crippen LogP contribution in [0.3, 0.4) is 0 Å². The van der Waals surface area contributed by atoms with Gasteiger partial charge < -0.3 is 26.0 Å². The molecule has 152 valence electrons. The number of benzene rings is 2. The van der Waals surface area contributed by atoms with Crippen molar-refractivity contribution in [1.82, 2.24) is 0 Å². The summed E-state index contributed by atoms with van der Waals surface area (Å²) in [6.07, 6.45) is 0. The van der Waals surface area contributed by atoms with E-state index in [2.05, 4.69) is 21.3 Å². The fraction of sp³-hybridized carbons (Fsp3) is 0.200. The van der Waals surface area contributed by atoms with Gasteiger partial charge in [-0.3, -0.25) is 19.2 Å². The molecule has 0 atom stereocenters. The molecule has 0 aliphatic carbocycles. The molecule has 0 radical (unpaired) electrons. The molecule has 2 aromatic carbocycles. The van der Waals surface area contributed by atoms with Crippen LogP contribution in [-0.4, -0.2) is 23.6 Å². The molecule has 0 unspecified atom stereocenters. The Balaban J connectivity index is 2.41. The van der Waals surface area contributed by atoms with Crippen molar-refractivity contribution in [3.05, 3.63) is 36.4 Å². The molecule has 0 fully saturated rings. The van der Waals surface area contributed by atoms with Crippen LogP contribution >= 0.6 is 0 Å². The summed E-state index contributed by atoms with van der Waals surface area (Å²) in [4.78, 5) is 45.6. The van der Waals surface area contributed by atoms with E-state index in [1.807, 2.05) is 0 Å². The molecule has 0 aliphatic rings. The normalized spacial score (nSPS) is 9.93. The van der Waals surface area contributed by atoms with Gasteiger partial charge in [0, 0.05) is 74.7 Å². The Morgan fingerprint density at radius 3 is 0.966 bits per heavy atom. The highest BCUT2D eigenvalue weighted by molar-refractivity contribution is 5.94. The standard InChI is InChI=1S/C20H22N4O5/c1-11(25)21-15-5-16(22-12(2)26)8-19(7-15)29-20-9-17(23-13(3)27)6-18(10-20)24-14(4)28/h5-10H,1-4H3,(H,21,25)(H,22,26)(H,23,27)(H,24,28). The Kier molecular flexibility index (Phi) is 6.91. The second kappa shape index (κ2) is 9.36. The van der Waals surface area contributed by atoms with Crippen molar-refractivity contribution in [2.24, 2.45) is 0 Å². The molecule has 0 aromatic heterocycles. The van der Waals surface area contributed by atoms with Gasteiger partial charge in [-0.2, -0.15) is 0 Å². The maximum Gasteiger partial charge on any atom is 0.221 e. The molecule has 0 saturated carbocycles. The fourth-order valence-corrected chi connectivity index (χ4v) is 2.55. The van der Waals surface area contributed by atoms with Crippen LogP contribution in [0.15, 0.2) is 36.4 Å². The Hall–Kier alpha value is -3.88. The van der Waals surface area contributed by atoms with Crippen LogP contribution in [0.25, 0.3) is 0 Å². The van der Waals surface area contributed by atoms with Crippen molar-refractivity contribution < 1.29 is 23.9 Å². The maximum atomic E-state index is 11.4. The van der Waals surface area contributed by atoms with E-state index in [1.54, 1.807) is 36.4 Å². The number of carbonyl (C=O) groups excluding carboxylic acids is 4. The van der Waals surface area contributed by atoms with Crippen LogP contribution in [0.4, 0.5) is 22.7 Å². The zero-order valence-corrected chi connectivity index (χ0v) is 16.5. The fourth-order valence-electron chi connectivity index (χ4n) is 2.55. The molecular weight excluding hydrogens is 376 g/mol. The van der Waals surface area contributed by atoms with Crippen molar-refractivity contribution >= 4 is 46.4 Å². The highest BCUT2D eigenvalue weighted by atomic mass is 16.5. The first-order chi connectivity index (χ1) is 13.6. The summed E-state index contributed by atoms with van der Waals surface area (Å²) in [7, 11) is 0. The first-order valence-corrected chi connectivity index (χ1v) is 8.69. The van der Waals surface area contributed by atoms with Gasteiger partial charge in [0.2, 0.25) is 23.6 Å². The minimum Gasteiger partial charge on any atom is -0.457 e. The average molecular weight is 398 g/mol. The van der Waals surface area contributed by atoms with Crippen molar-refractivity contribution in [3.63, 3.8) is 0 Å². The molecule has 0 heterocycles. The summed E-state index contributed by atoms with van der Waals surface area (Å²) in [5.41, 5.74) is 1.72. The Bertz CT molecular complexity index is 825. The van der Waals surface area contributed by atoms with E-state index in [-0.39, 0.29) is 23.6 Å². The molecule has 2 rings (SSSR count). The van der Waals surface area contributed by atoms with Crippen LogP contribution in [0.1, 0.15) is 27.7 Å². The van der Waals surface area contributed by atoms with Crippen LogP contribution in [0.5, 0.6) is 11.5 Å². The van der Waals surface area contributed by atoms with E-state index in [4.69, 9.17) is 4.74 Å². The van der Waals surface area contributed by atoms with Crippen LogP contribution in [0.2, 0.25) is 0 Å². The topological polar surface area (TPSA) is 126 Å². The number of nitrogens with one attached hydrogen (secondary N) is 4. The van der Waals surface area contributed by atoms with Gasteiger partial charge in [0.1, 0.15) is 11.5 Å². The summed E-state index contributed by atoms with van der Waals surface area (Å²) in [5, 5.41) is 10.5. The smallest absolute Gasteiger partial charge is 0.221 e. The highest BCUT2D eigenvalue weighted by Crippen LogP contribution is 2.32. The molecule has 4 N–H and O–H groups in total. The molecular formula is C20H22N4O5. The van der Waals surface area contributed by atoms with E-state index in [1.165, 1.54) is 27.7 Å². The first kappa shape index (κ1) is 21.4. The van der Waals surface area contributed by atoms with Crippen molar-refractivity contribution in [2.45, 2.75) is 27.7 Å². The lowest BCUT2D eigenvalue weighted by Gasteiger charge is -2.14. The van der Waals surface area contributed by atoms with Gasteiger partial charge in [-0.25, -0.2) is 0 Å². The summed E-state index contributed by atoms with van der Waals surface area (Å²) >= 11 is 0. The Morgan fingerprint density at radius 1 is 0.517 bits per heavy atom. The SMILES string of the molecule is CC(=O)Nc1cc(NC(C)=O)cc(Oc2cc(NC(C)=O)cc(NC(C)=O)c2)c1. The van der Waals surface area contributed by atoms with Gasteiger partial charge in [0.15, 0.2) is 0 Å². The number of carbonyl (C=O) groups is 4. The zero-order chi connectivity index (χ0) is 21.6. The number of amides is 4. The molecule has 29 heavy (non-hydrogen) atoms. The lowest BCUT2D eigenvalue weighted by atomic mass is 10.2. The minimum atomic E-state index is -0.281. The van der Waals surface area contributed by atoms with E-state index in [9.17, 15) is 19.2 Å². The van der Waals surface area contributed by atoms with Gasteiger partial charge in [-0.15, -0.1) is 0 Å². The van der Waals surface area contributed by atoms with Crippen molar-refractivity contribution in [2.75, 3.05) is 21.3 Å². The number of hydrogen-bond acceptors (Lipinski definition) is 5. The third kappa shape index (κ3) is 7.33. The lowest BCUT2D eigenvalue weighted by Crippen LogP contribution is -2.10. The van der Waals surface area contributed by atoms with E-state index < -0.39 is 0 Å². The predicted octanol–water partition coefficient (Wildman–Crippen LogP) is 3.31. The molecule has 9 heteroatoms. The third-order valence-corrected chi connectivity index (χ3v) is 3.33. The van der Waals surface area contributed by atoms with Crippen LogP contribution in [-0.2, 0) is 19.2 Å². The molecule has 4 amide bonds. The highest BCUT2D eigenvalue weighted by Gasteiger charge is 2.09. The van der Waals surface area contributed by atoms with E-state index in [0.717, 1.165) is 0 Å². The lowest BCUT2D eigenvalue weighted by molar-refractivity contribution is -0.115. The third-order valence-electron chi connectivity index (χ3n) is 3.33. The van der Waals surface area contributed by atoms with Crippen LogP contribution in [0, 0.1) is 0 Å². The second-order valence-corrected chi connectivity index (χ2v) is 6.32. The van der Waals surface area contributed by atoms with Gasteiger partial charge in [0.05, 0.1) is 0 Å². The summed E-state index contributed by atoms with van der Waals surface area (Å²) in [6, 6.07) is 9.50. The number of rotatable bonds is 6. The first-order valence-electron chi connectivity index (χ1n) is 8.69. The monoisotopic (exact) mass is 398 g/mol. The zero-order valence-electron chi connectivity index (χ0n) is 16.5. The number of hydrogen-bond donors (Lipinski definition) is 4. The van der Waals surface area contributed by atoms with E-state index in [0.29, 0.717) is 34.2 Å². The molecule has 0 bridgehead atoms. The molecule has 0 saturated heterocycles. The van der Waals surface area contributed by atoms with E-state index >= 15 is 0 Å². The molecule has 0 aliphatic heterocycles. The van der Waals surface area contributed by atoms with Gasteiger partial charge >= 0.3 is 0 Å². The largest absolute Gasteiger partial charge is 0.457 e. The number of anilines is 4. The maximum absolute atomic E-state index is 11.4. The summed E-state index contributed by atoms with van der Waals surface area (Å²) in [5.74, 6) is -0.469. The Morgan fingerprint density at radius 2 is 0.759 bits per heavy atom. The molecule has 9 nitrogen and oxygen atoms in total. The summed E-state index contributed by atoms with van der Waals surface area (Å²) < 4.78 is 5.86. The summed E-state index contributed by atoms with van der Waals surface area (Å²) in [6.45, 7) is 5.45. The second-order valence-electron chi connectivity index (χ2n) is 6.32. The predicted molar refractivity (Wildman–Crippen MR) is 110 cm³/mol. The average Bonchev–Trinajstić information content (AvgIpc) is 2.51. The minimum absolute atomic E-state index is 0.281. The molecule has 2 aromatic rings. The van der Waals surface area contributed by atoms with Gasteiger partial charge in [0.25, 0.3) is 0 Å². The number of ether oxygens (including phenoxy) is 1. The van der Waals surface area contributed by atoms with Crippen molar-refractivity contribution in [1.29, 1.82) is 0 Å². The molecule has 0 spiro atoms. The van der Waals surface area contributed by atoms with Crippen molar-refractivity contribution in [3.8, 4) is 11.5 Å². The van der Waals surface area contributed by atoms with Gasteiger partial charge in [-0.1, -0.05) is 0 Å². The quantitative estimate of drug-likeness (QED) is 0.594.